The van der Waals surface area contributed by atoms with E-state index in [0.29, 0.717) is 17.4 Å². The van der Waals surface area contributed by atoms with Gasteiger partial charge in [-0.05, 0) is 44.2 Å². The minimum absolute atomic E-state index is 0.435. The summed E-state index contributed by atoms with van der Waals surface area (Å²) < 4.78 is 6.21. The molecule has 0 fully saturated rings. The Morgan fingerprint density at radius 3 is 2.33 bits per heavy atom. The zero-order chi connectivity index (χ0) is 15.0. The predicted molar refractivity (Wildman–Crippen MR) is 84.6 cm³/mol. The zero-order valence-electron chi connectivity index (χ0n) is 11.6. The Morgan fingerprint density at radius 1 is 0.952 bits per heavy atom. The Bertz CT molecular complexity index is 707. The molecular formula is C15H13BrN4O. The summed E-state index contributed by atoms with van der Waals surface area (Å²) in [6, 6.07) is 9.35. The minimum atomic E-state index is 0.435. The van der Waals surface area contributed by atoms with Gasteiger partial charge in [0.1, 0.15) is 0 Å². The predicted octanol–water partition coefficient (Wildman–Crippen LogP) is 3.76. The van der Waals surface area contributed by atoms with Gasteiger partial charge in [0, 0.05) is 32.7 Å². The average molecular weight is 345 g/mol. The molecule has 0 bridgehead atoms. The first-order valence-electron chi connectivity index (χ1n) is 6.37. The SMILES string of the molecule is Cc1cc(-c2noc(-c3cc(N)cc(Br)c3)n2)cc(C)n1. The third-order valence-corrected chi connectivity index (χ3v) is 3.39. The lowest BCUT2D eigenvalue weighted by molar-refractivity contribution is 0.432. The highest BCUT2D eigenvalue weighted by molar-refractivity contribution is 9.10. The minimum Gasteiger partial charge on any atom is -0.399 e. The smallest absolute Gasteiger partial charge is 0.258 e. The van der Waals surface area contributed by atoms with Gasteiger partial charge in [0.25, 0.3) is 5.89 Å². The summed E-state index contributed by atoms with van der Waals surface area (Å²) in [6.45, 7) is 3.87. The van der Waals surface area contributed by atoms with E-state index in [4.69, 9.17) is 10.3 Å². The van der Waals surface area contributed by atoms with Crippen LogP contribution in [0.4, 0.5) is 5.69 Å². The first-order valence-corrected chi connectivity index (χ1v) is 7.16. The quantitative estimate of drug-likeness (QED) is 0.716. The van der Waals surface area contributed by atoms with Crippen molar-refractivity contribution in [3.8, 4) is 22.8 Å². The Kier molecular flexibility index (Phi) is 3.47. The number of aryl methyl sites for hydroxylation is 2. The van der Waals surface area contributed by atoms with E-state index in [1.807, 2.05) is 38.1 Å². The van der Waals surface area contributed by atoms with Crippen LogP contribution in [-0.2, 0) is 0 Å². The molecule has 0 aliphatic rings. The van der Waals surface area contributed by atoms with Gasteiger partial charge < -0.3 is 10.3 Å². The second-order valence-electron chi connectivity index (χ2n) is 4.83. The maximum Gasteiger partial charge on any atom is 0.258 e. The number of pyridine rings is 1. The first kappa shape index (κ1) is 13.8. The molecule has 106 valence electrons. The Balaban J connectivity index is 2.03. The van der Waals surface area contributed by atoms with Crippen molar-refractivity contribution >= 4 is 21.6 Å². The fourth-order valence-electron chi connectivity index (χ4n) is 2.16. The van der Waals surface area contributed by atoms with Crippen LogP contribution in [-0.4, -0.2) is 15.1 Å². The Labute approximate surface area is 130 Å². The molecule has 0 aliphatic heterocycles. The topological polar surface area (TPSA) is 77.8 Å². The van der Waals surface area contributed by atoms with Crippen molar-refractivity contribution in [3.05, 3.63) is 46.2 Å². The molecule has 2 aromatic heterocycles. The van der Waals surface area contributed by atoms with E-state index in [1.54, 1.807) is 6.07 Å². The molecule has 21 heavy (non-hydrogen) atoms. The van der Waals surface area contributed by atoms with E-state index in [1.165, 1.54) is 0 Å². The van der Waals surface area contributed by atoms with Crippen LogP contribution in [0.1, 0.15) is 11.4 Å². The summed E-state index contributed by atoms with van der Waals surface area (Å²) >= 11 is 3.40. The highest BCUT2D eigenvalue weighted by Gasteiger charge is 2.12. The van der Waals surface area contributed by atoms with Crippen LogP contribution in [0, 0.1) is 13.8 Å². The van der Waals surface area contributed by atoms with E-state index in [9.17, 15) is 0 Å². The molecule has 5 nitrogen and oxygen atoms in total. The van der Waals surface area contributed by atoms with Gasteiger partial charge in [-0.2, -0.15) is 4.98 Å². The van der Waals surface area contributed by atoms with Crippen LogP contribution in [0.25, 0.3) is 22.8 Å². The summed E-state index contributed by atoms with van der Waals surface area (Å²) in [5.74, 6) is 0.974. The van der Waals surface area contributed by atoms with E-state index in [-0.39, 0.29) is 0 Å². The van der Waals surface area contributed by atoms with Gasteiger partial charge in [-0.1, -0.05) is 21.1 Å². The molecule has 0 amide bonds. The van der Waals surface area contributed by atoms with Crippen molar-refractivity contribution < 1.29 is 4.52 Å². The Morgan fingerprint density at radius 2 is 1.67 bits per heavy atom. The molecule has 0 radical (unpaired) electrons. The van der Waals surface area contributed by atoms with E-state index in [0.717, 1.165) is 27.0 Å². The van der Waals surface area contributed by atoms with Gasteiger partial charge in [0.15, 0.2) is 0 Å². The van der Waals surface area contributed by atoms with Crippen molar-refractivity contribution in [2.75, 3.05) is 5.73 Å². The molecule has 3 rings (SSSR count). The maximum absolute atomic E-state index is 5.83. The van der Waals surface area contributed by atoms with Crippen LogP contribution in [0.15, 0.2) is 39.3 Å². The van der Waals surface area contributed by atoms with Crippen LogP contribution >= 0.6 is 15.9 Å². The third-order valence-electron chi connectivity index (χ3n) is 2.93. The molecule has 2 heterocycles. The van der Waals surface area contributed by atoms with Gasteiger partial charge >= 0.3 is 0 Å². The highest BCUT2D eigenvalue weighted by Crippen LogP contribution is 2.27. The number of hydrogen-bond donors (Lipinski definition) is 1. The van der Waals surface area contributed by atoms with Crippen molar-refractivity contribution in [2.24, 2.45) is 0 Å². The highest BCUT2D eigenvalue weighted by atomic mass is 79.9. The fourth-order valence-corrected chi connectivity index (χ4v) is 2.67. The molecule has 0 saturated carbocycles. The van der Waals surface area contributed by atoms with Crippen molar-refractivity contribution in [2.45, 2.75) is 13.8 Å². The molecular weight excluding hydrogens is 332 g/mol. The van der Waals surface area contributed by atoms with Gasteiger partial charge in [0.2, 0.25) is 5.82 Å². The first-order chi connectivity index (χ1) is 10.0. The number of hydrogen-bond acceptors (Lipinski definition) is 5. The standard InChI is InChI=1S/C15H13BrN4O/c1-8-3-10(4-9(2)18-8)14-19-15(21-20-14)11-5-12(16)7-13(17)6-11/h3-7H,17H2,1-2H3. The van der Waals surface area contributed by atoms with Crippen LogP contribution in [0.2, 0.25) is 0 Å². The summed E-state index contributed by atoms with van der Waals surface area (Å²) in [4.78, 5) is 8.77. The summed E-state index contributed by atoms with van der Waals surface area (Å²) in [5.41, 5.74) is 9.97. The van der Waals surface area contributed by atoms with E-state index >= 15 is 0 Å². The molecule has 6 heteroatoms. The molecule has 0 aliphatic carbocycles. The number of halogens is 1. The largest absolute Gasteiger partial charge is 0.399 e. The zero-order valence-corrected chi connectivity index (χ0v) is 13.2. The molecule has 0 atom stereocenters. The molecule has 1 aromatic carbocycles. The fraction of sp³-hybridized carbons (Fsp3) is 0.133. The van der Waals surface area contributed by atoms with Crippen LogP contribution < -0.4 is 5.73 Å². The second kappa shape index (κ2) is 5.29. The summed E-state index contributed by atoms with van der Waals surface area (Å²) in [7, 11) is 0. The van der Waals surface area contributed by atoms with Gasteiger partial charge in [-0.25, -0.2) is 0 Å². The van der Waals surface area contributed by atoms with Gasteiger partial charge in [-0.15, -0.1) is 0 Å². The number of aromatic nitrogens is 3. The Hall–Kier alpha value is -2.21. The van der Waals surface area contributed by atoms with Crippen LogP contribution in [0.5, 0.6) is 0 Å². The molecule has 0 unspecified atom stereocenters. The summed E-state index contributed by atoms with van der Waals surface area (Å²) in [6.07, 6.45) is 0. The van der Waals surface area contributed by atoms with Crippen LogP contribution in [0.3, 0.4) is 0 Å². The van der Waals surface area contributed by atoms with E-state index < -0.39 is 0 Å². The monoisotopic (exact) mass is 344 g/mol. The molecule has 3 aromatic rings. The lowest BCUT2D eigenvalue weighted by Gasteiger charge is -1.99. The lowest BCUT2D eigenvalue weighted by atomic mass is 10.2. The number of nitrogens with two attached hydrogens (primary N) is 1. The summed E-state index contributed by atoms with van der Waals surface area (Å²) in [5, 5.41) is 4.03. The van der Waals surface area contributed by atoms with Crippen molar-refractivity contribution in [3.63, 3.8) is 0 Å². The van der Waals surface area contributed by atoms with Crippen molar-refractivity contribution in [1.29, 1.82) is 0 Å². The molecule has 2 N–H and O–H groups in total. The van der Waals surface area contributed by atoms with Gasteiger partial charge in [0.05, 0.1) is 0 Å². The van der Waals surface area contributed by atoms with Crippen molar-refractivity contribution in [1.82, 2.24) is 15.1 Å². The number of nitrogens with zero attached hydrogens (tertiary/aromatic N) is 3. The molecule has 0 saturated heterocycles. The number of benzene rings is 1. The number of anilines is 1. The average Bonchev–Trinajstić information content (AvgIpc) is 2.85. The number of rotatable bonds is 2. The second-order valence-corrected chi connectivity index (χ2v) is 5.75. The maximum atomic E-state index is 5.83. The normalized spacial score (nSPS) is 10.8. The van der Waals surface area contributed by atoms with E-state index in [2.05, 4.69) is 31.1 Å². The number of nitrogen functional groups attached to an aromatic ring is 1. The van der Waals surface area contributed by atoms with Gasteiger partial charge in [-0.3, -0.25) is 4.98 Å². The third kappa shape index (κ3) is 2.95. The lowest BCUT2D eigenvalue weighted by Crippen LogP contribution is -1.89. The molecule has 0 spiro atoms.